The fourth-order valence-electron chi connectivity index (χ4n) is 4.51. The summed E-state index contributed by atoms with van der Waals surface area (Å²) in [6, 6.07) is 32.9. The van der Waals surface area contributed by atoms with Gasteiger partial charge < -0.3 is 9.97 Å². The van der Waals surface area contributed by atoms with Gasteiger partial charge in [-0.3, -0.25) is 4.98 Å². The molecule has 181 valence electrons. The monoisotopic (exact) mass is 646 g/mol. The average Bonchev–Trinajstić information content (AvgIpc) is 3.12. The molecule has 0 amide bonds. The fourth-order valence-corrected chi connectivity index (χ4v) is 4.51. The van der Waals surface area contributed by atoms with Crippen molar-refractivity contribution in [3.05, 3.63) is 126 Å². The van der Waals surface area contributed by atoms with E-state index in [0.717, 1.165) is 28.3 Å². The maximum atomic E-state index is 4.65. The van der Waals surface area contributed by atoms with Crippen molar-refractivity contribution in [1.29, 1.82) is 0 Å². The van der Waals surface area contributed by atoms with E-state index in [-0.39, 0.29) is 25.5 Å². The van der Waals surface area contributed by atoms with Crippen LogP contribution < -0.4 is 0 Å². The summed E-state index contributed by atoms with van der Waals surface area (Å²) in [6.45, 7) is 8.54. The third-order valence-corrected chi connectivity index (χ3v) is 6.44. The Hall–Kier alpha value is -3.46. The summed E-state index contributed by atoms with van der Waals surface area (Å²) in [4.78, 5) is 13.5. The quantitative estimate of drug-likeness (QED) is 0.188. The molecular weight excluding hydrogens is 619 g/mol. The third kappa shape index (κ3) is 5.06. The largest absolute Gasteiger partial charge is 0.318 e. The van der Waals surface area contributed by atoms with Crippen LogP contribution in [0.3, 0.4) is 0 Å². The molecular formula is C32H27IrN3-2. The molecule has 0 fully saturated rings. The molecule has 2 aromatic carbocycles. The van der Waals surface area contributed by atoms with Gasteiger partial charge in [-0.15, -0.1) is 42.0 Å². The van der Waals surface area contributed by atoms with Crippen LogP contribution >= 0.6 is 0 Å². The molecule has 0 saturated heterocycles. The Balaban J connectivity index is 0.000000187. The number of hydrogen-bond acceptors (Lipinski definition) is 3. The maximum absolute atomic E-state index is 4.65. The molecule has 0 N–H and O–H groups in total. The van der Waals surface area contributed by atoms with E-state index < -0.39 is 0 Å². The summed E-state index contributed by atoms with van der Waals surface area (Å²) in [7, 11) is 0. The van der Waals surface area contributed by atoms with Crippen molar-refractivity contribution < 1.29 is 20.1 Å². The number of rotatable bonds is 2. The van der Waals surface area contributed by atoms with E-state index in [4.69, 9.17) is 0 Å². The van der Waals surface area contributed by atoms with E-state index in [0.29, 0.717) is 0 Å². The van der Waals surface area contributed by atoms with Gasteiger partial charge in [0.15, 0.2) is 0 Å². The van der Waals surface area contributed by atoms with Gasteiger partial charge in [0, 0.05) is 37.9 Å². The second-order valence-corrected chi connectivity index (χ2v) is 9.36. The van der Waals surface area contributed by atoms with Crippen LogP contribution in [0.25, 0.3) is 33.8 Å². The standard InChI is InChI=1S/C20H17N2.C12H10N.Ir/c1-13-7-6-10-18(22-13)19-11-15-14-8-4-5-9-16(14)20(2,3)17(15)12-21-19;1-10-7-8-12(13-9-10)11-5-3-2-4-6-11;/h4-9,11-12H,1-3H3;2-5,7-9H,1H3;/q2*-1;. The molecule has 0 bridgehead atoms. The van der Waals surface area contributed by atoms with Crippen molar-refractivity contribution in [3.63, 3.8) is 0 Å². The maximum Gasteiger partial charge on any atom is 0.0190 e. The molecule has 4 heteroatoms. The van der Waals surface area contributed by atoms with Gasteiger partial charge in [0.05, 0.1) is 0 Å². The molecule has 1 radical (unpaired) electrons. The van der Waals surface area contributed by atoms with Crippen LogP contribution in [0.2, 0.25) is 0 Å². The van der Waals surface area contributed by atoms with Crippen LogP contribution in [0.1, 0.15) is 36.2 Å². The van der Waals surface area contributed by atoms with Gasteiger partial charge >= 0.3 is 0 Å². The summed E-state index contributed by atoms with van der Waals surface area (Å²) >= 11 is 0. The summed E-state index contributed by atoms with van der Waals surface area (Å²) in [5.74, 6) is 0. The molecule has 3 heterocycles. The van der Waals surface area contributed by atoms with Crippen molar-refractivity contribution in [2.75, 3.05) is 0 Å². The first-order chi connectivity index (χ1) is 16.9. The molecule has 3 nitrogen and oxygen atoms in total. The predicted molar refractivity (Wildman–Crippen MR) is 142 cm³/mol. The van der Waals surface area contributed by atoms with Crippen molar-refractivity contribution in [2.24, 2.45) is 0 Å². The van der Waals surface area contributed by atoms with Gasteiger partial charge in [0.25, 0.3) is 0 Å². The summed E-state index contributed by atoms with van der Waals surface area (Å²) in [5.41, 5.74) is 11.1. The Morgan fingerprint density at radius 2 is 1.47 bits per heavy atom. The second-order valence-electron chi connectivity index (χ2n) is 9.36. The van der Waals surface area contributed by atoms with E-state index in [2.05, 4.69) is 77.3 Å². The van der Waals surface area contributed by atoms with Crippen LogP contribution in [0.15, 0.2) is 91.3 Å². The number of aryl methyl sites for hydroxylation is 2. The zero-order chi connectivity index (χ0) is 24.4. The number of benzene rings is 2. The molecule has 0 aliphatic heterocycles. The third-order valence-electron chi connectivity index (χ3n) is 6.44. The molecule has 0 spiro atoms. The topological polar surface area (TPSA) is 38.7 Å². The predicted octanol–water partition coefficient (Wildman–Crippen LogP) is 7.41. The Kier molecular flexibility index (Phi) is 7.59. The number of aromatic nitrogens is 3. The molecule has 5 aromatic rings. The van der Waals surface area contributed by atoms with Gasteiger partial charge in [0.1, 0.15) is 0 Å². The van der Waals surface area contributed by atoms with Crippen molar-refractivity contribution >= 4 is 0 Å². The fraction of sp³-hybridized carbons (Fsp3) is 0.156. The summed E-state index contributed by atoms with van der Waals surface area (Å²) in [5, 5.41) is 0. The van der Waals surface area contributed by atoms with Crippen molar-refractivity contribution in [1.82, 2.24) is 15.0 Å². The molecule has 0 saturated carbocycles. The molecule has 1 aliphatic rings. The Labute approximate surface area is 227 Å². The first-order valence-corrected chi connectivity index (χ1v) is 11.8. The van der Waals surface area contributed by atoms with E-state index in [1.165, 1.54) is 27.8 Å². The van der Waals surface area contributed by atoms with E-state index in [9.17, 15) is 0 Å². The van der Waals surface area contributed by atoms with Crippen LogP contribution in [0, 0.1) is 26.0 Å². The SMILES string of the molecule is Cc1cc[c-]c(-c2cc3c(cn2)C(C)(C)c2ccccc2-3)n1.Cc1ccc(-c2[c-]cccc2)nc1.[Ir]. The average molecular weight is 646 g/mol. The number of fused-ring (bicyclic) bond motifs is 3. The van der Waals surface area contributed by atoms with Gasteiger partial charge in [0.2, 0.25) is 0 Å². The second kappa shape index (κ2) is 10.7. The van der Waals surface area contributed by atoms with Gasteiger partial charge in [-0.25, -0.2) is 0 Å². The van der Waals surface area contributed by atoms with Gasteiger partial charge in [-0.2, -0.15) is 12.1 Å². The molecule has 0 unspecified atom stereocenters. The first kappa shape index (κ1) is 25.6. The zero-order valence-electron chi connectivity index (χ0n) is 20.8. The zero-order valence-corrected chi connectivity index (χ0v) is 23.2. The number of nitrogens with zero attached hydrogens (tertiary/aromatic N) is 3. The Morgan fingerprint density at radius 1 is 0.694 bits per heavy atom. The normalized spacial score (nSPS) is 12.4. The van der Waals surface area contributed by atoms with E-state index >= 15 is 0 Å². The summed E-state index contributed by atoms with van der Waals surface area (Å²) in [6.07, 6.45) is 3.87. The smallest absolute Gasteiger partial charge is 0.0190 e. The van der Waals surface area contributed by atoms with Crippen LogP contribution in [-0.4, -0.2) is 15.0 Å². The minimum Gasteiger partial charge on any atom is -0.318 e. The molecule has 6 rings (SSSR count). The molecule has 3 aromatic heterocycles. The minimum atomic E-state index is 0. The number of pyridine rings is 3. The Morgan fingerprint density at radius 3 is 2.19 bits per heavy atom. The minimum absolute atomic E-state index is 0. The van der Waals surface area contributed by atoms with Crippen molar-refractivity contribution in [3.8, 4) is 33.8 Å². The molecule has 36 heavy (non-hydrogen) atoms. The van der Waals surface area contributed by atoms with E-state index in [1.54, 1.807) is 0 Å². The van der Waals surface area contributed by atoms with E-state index in [1.807, 2.05) is 68.7 Å². The molecule has 1 aliphatic carbocycles. The van der Waals surface area contributed by atoms with Crippen LogP contribution in [0.5, 0.6) is 0 Å². The summed E-state index contributed by atoms with van der Waals surface area (Å²) < 4.78 is 0. The Bertz CT molecular complexity index is 1480. The van der Waals surface area contributed by atoms with Gasteiger partial charge in [-0.05, 0) is 64.4 Å². The first-order valence-electron chi connectivity index (χ1n) is 11.8. The molecule has 0 atom stereocenters. The van der Waals surface area contributed by atoms with Gasteiger partial charge in [-0.1, -0.05) is 56.3 Å². The van der Waals surface area contributed by atoms with Crippen LogP contribution in [0.4, 0.5) is 0 Å². The van der Waals surface area contributed by atoms with Crippen molar-refractivity contribution in [2.45, 2.75) is 33.1 Å². The van der Waals surface area contributed by atoms with Crippen LogP contribution in [-0.2, 0) is 25.5 Å². The number of hydrogen-bond donors (Lipinski definition) is 0.